The summed E-state index contributed by atoms with van der Waals surface area (Å²) in [4.78, 5) is 13.2. The standard InChI is InChI=1S/C17H24N4O2S/c1-12(2)9-10-23-13(3)16(22)19-14-7-5-6-8-15(14)24-17-20-18-11-21(17)4/h5-8,11-13H,9-10H2,1-4H3,(H,19,22). The van der Waals surface area contributed by atoms with E-state index in [2.05, 4.69) is 29.4 Å². The van der Waals surface area contributed by atoms with E-state index >= 15 is 0 Å². The van der Waals surface area contributed by atoms with Crippen LogP contribution >= 0.6 is 11.8 Å². The van der Waals surface area contributed by atoms with Gasteiger partial charge in [-0.3, -0.25) is 4.79 Å². The summed E-state index contributed by atoms with van der Waals surface area (Å²) in [7, 11) is 1.88. The molecule has 1 atom stereocenters. The molecule has 0 bridgehead atoms. The van der Waals surface area contributed by atoms with Gasteiger partial charge in [-0.25, -0.2) is 0 Å². The summed E-state index contributed by atoms with van der Waals surface area (Å²) >= 11 is 1.46. The lowest BCUT2D eigenvalue weighted by Crippen LogP contribution is -2.28. The minimum absolute atomic E-state index is 0.148. The van der Waals surface area contributed by atoms with Gasteiger partial charge in [0, 0.05) is 18.6 Å². The normalized spacial score (nSPS) is 12.4. The molecular formula is C17H24N4O2S. The Morgan fingerprint density at radius 3 is 2.75 bits per heavy atom. The van der Waals surface area contributed by atoms with Gasteiger partial charge in [-0.1, -0.05) is 26.0 Å². The maximum atomic E-state index is 12.3. The minimum Gasteiger partial charge on any atom is -0.369 e. The Bertz CT molecular complexity index is 672. The van der Waals surface area contributed by atoms with E-state index < -0.39 is 6.10 Å². The fraction of sp³-hybridized carbons (Fsp3) is 0.471. The third kappa shape index (κ3) is 5.35. The number of para-hydroxylation sites is 1. The highest BCUT2D eigenvalue weighted by Gasteiger charge is 2.16. The number of ether oxygens (including phenoxy) is 1. The Morgan fingerprint density at radius 1 is 1.33 bits per heavy atom. The molecule has 130 valence electrons. The van der Waals surface area contributed by atoms with E-state index in [1.807, 2.05) is 35.9 Å². The fourth-order valence-electron chi connectivity index (χ4n) is 1.91. The van der Waals surface area contributed by atoms with Crippen LogP contribution in [-0.4, -0.2) is 33.4 Å². The van der Waals surface area contributed by atoms with E-state index in [-0.39, 0.29) is 5.91 Å². The summed E-state index contributed by atoms with van der Waals surface area (Å²) in [6.45, 7) is 6.62. The van der Waals surface area contributed by atoms with Gasteiger partial charge in [0.1, 0.15) is 12.4 Å². The van der Waals surface area contributed by atoms with Crippen molar-refractivity contribution in [1.82, 2.24) is 14.8 Å². The van der Waals surface area contributed by atoms with Crippen LogP contribution in [-0.2, 0) is 16.6 Å². The summed E-state index contributed by atoms with van der Waals surface area (Å²) in [5, 5.41) is 11.6. The molecule has 1 amide bonds. The molecule has 2 aromatic rings. The predicted molar refractivity (Wildman–Crippen MR) is 95.1 cm³/mol. The highest BCUT2D eigenvalue weighted by molar-refractivity contribution is 7.99. The highest BCUT2D eigenvalue weighted by Crippen LogP contribution is 2.31. The van der Waals surface area contributed by atoms with Crippen LogP contribution in [0.1, 0.15) is 27.2 Å². The average Bonchev–Trinajstić information content (AvgIpc) is 2.94. The predicted octanol–water partition coefficient (Wildman–Crippen LogP) is 3.36. The summed E-state index contributed by atoms with van der Waals surface area (Å²) in [5.74, 6) is 0.411. The lowest BCUT2D eigenvalue weighted by Gasteiger charge is -2.16. The van der Waals surface area contributed by atoms with E-state index in [1.165, 1.54) is 11.8 Å². The Hall–Kier alpha value is -1.86. The molecule has 0 saturated carbocycles. The van der Waals surface area contributed by atoms with Crippen molar-refractivity contribution in [3.63, 3.8) is 0 Å². The summed E-state index contributed by atoms with van der Waals surface area (Å²) < 4.78 is 7.44. The second-order valence-electron chi connectivity index (χ2n) is 6.01. The first kappa shape index (κ1) is 18.5. The van der Waals surface area contributed by atoms with Gasteiger partial charge in [-0.2, -0.15) is 0 Å². The van der Waals surface area contributed by atoms with Gasteiger partial charge in [0.2, 0.25) is 0 Å². The number of hydrogen-bond acceptors (Lipinski definition) is 5. The van der Waals surface area contributed by atoms with Gasteiger partial charge in [0.25, 0.3) is 5.91 Å². The molecule has 1 aromatic heterocycles. The molecule has 0 saturated heterocycles. The first-order valence-corrected chi connectivity index (χ1v) is 8.82. The van der Waals surface area contributed by atoms with Crippen molar-refractivity contribution in [1.29, 1.82) is 0 Å². The van der Waals surface area contributed by atoms with Crippen molar-refractivity contribution in [3.05, 3.63) is 30.6 Å². The summed E-state index contributed by atoms with van der Waals surface area (Å²) in [6, 6.07) is 7.63. The van der Waals surface area contributed by atoms with Crippen molar-refractivity contribution in [2.24, 2.45) is 13.0 Å². The van der Waals surface area contributed by atoms with Crippen molar-refractivity contribution >= 4 is 23.4 Å². The molecule has 1 N–H and O–H groups in total. The molecule has 0 aliphatic rings. The van der Waals surface area contributed by atoms with Crippen molar-refractivity contribution in [2.45, 2.75) is 43.3 Å². The number of rotatable bonds is 8. The van der Waals surface area contributed by atoms with Crippen LogP contribution in [0.3, 0.4) is 0 Å². The minimum atomic E-state index is -0.489. The summed E-state index contributed by atoms with van der Waals surface area (Å²) in [5.41, 5.74) is 0.745. The second kappa shape index (κ2) is 8.84. The molecule has 1 heterocycles. The smallest absolute Gasteiger partial charge is 0.253 e. The Morgan fingerprint density at radius 2 is 2.08 bits per heavy atom. The summed E-state index contributed by atoms with van der Waals surface area (Å²) in [6.07, 6.45) is 2.10. The molecule has 0 fully saturated rings. The molecule has 6 nitrogen and oxygen atoms in total. The molecule has 1 aromatic carbocycles. The third-order valence-electron chi connectivity index (χ3n) is 3.45. The van der Waals surface area contributed by atoms with Gasteiger partial charge in [0.15, 0.2) is 5.16 Å². The van der Waals surface area contributed by atoms with Crippen LogP contribution in [0.5, 0.6) is 0 Å². The molecular weight excluding hydrogens is 324 g/mol. The van der Waals surface area contributed by atoms with E-state index in [1.54, 1.807) is 13.3 Å². The third-order valence-corrected chi connectivity index (χ3v) is 4.58. The maximum Gasteiger partial charge on any atom is 0.253 e. The Balaban J connectivity index is 1.99. The maximum absolute atomic E-state index is 12.3. The van der Waals surface area contributed by atoms with Gasteiger partial charge >= 0.3 is 0 Å². The largest absolute Gasteiger partial charge is 0.369 e. The van der Waals surface area contributed by atoms with Crippen LogP contribution in [0.25, 0.3) is 0 Å². The first-order chi connectivity index (χ1) is 11.5. The van der Waals surface area contributed by atoms with Crippen LogP contribution in [0.4, 0.5) is 5.69 Å². The number of hydrogen-bond donors (Lipinski definition) is 1. The fourth-order valence-corrected chi connectivity index (χ4v) is 2.76. The van der Waals surface area contributed by atoms with Crippen LogP contribution < -0.4 is 5.32 Å². The van der Waals surface area contributed by atoms with Gasteiger partial charge in [0.05, 0.1) is 5.69 Å². The number of amides is 1. The van der Waals surface area contributed by atoms with Crippen LogP contribution in [0, 0.1) is 5.92 Å². The zero-order valence-electron chi connectivity index (χ0n) is 14.5. The zero-order valence-corrected chi connectivity index (χ0v) is 15.3. The molecule has 2 rings (SSSR count). The number of carbonyl (C=O) groups is 1. The number of aromatic nitrogens is 3. The number of aryl methyl sites for hydroxylation is 1. The molecule has 0 radical (unpaired) electrons. The first-order valence-electron chi connectivity index (χ1n) is 8.00. The number of carbonyl (C=O) groups excluding carboxylic acids is 1. The molecule has 24 heavy (non-hydrogen) atoms. The van der Waals surface area contributed by atoms with Crippen molar-refractivity contribution in [3.8, 4) is 0 Å². The second-order valence-corrected chi connectivity index (χ2v) is 7.02. The Labute approximate surface area is 147 Å². The number of nitrogens with one attached hydrogen (secondary N) is 1. The number of nitrogens with zero attached hydrogens (tertiary/aromatic N) is 3. The monoisotopic (exact) mass is 348 g/mol. The van der Waals surface area contributed by atoms with Crippen LogP contribution in [0.15, 0.2) is 40.6 Å². The van der Waals surface area contributed by atoms with E-state index in [9.17, 15) is 4.79 Å². The van der Waals surface area contributed by atoms with E-state index in [0.717, 1.165) is 22.2 Å². The lowest BCUT2D eigenvalue weighted by molar-refractivity contribution is -0.126. The average molecular weight is 348 g/mol. The Kier molecular flexibility index (Phi) is 6.81. The lowest BCUT2D eigenvalue weighted by atomic mass is 10.1. The highest BCUT2D eigenvalue weighted by atomic mass is 32.2. The SMILES string of the molecule is CC(C)CCOC(C)C(=O)Nc1ccccc1Sc1nncn1C. The van der Waals surface area contributed by atoms with E-state index in [0.29, 0.717) is 12.5 Å². The van der Waals surface area contributed by atoms with Gasteiger partial charge < -0.3 is 14.6 Å². The number of anilines is 1. The molecule has 7 heteroatoms. The molecule has 0 aliphatic carbocycles. The van der Waals surface area contributed by atoms with Crippen molar-refractivity contribution < 1.29 is 9.53 Å². The molecule has 1 unspecified atom stereocenters. The van der Waals surface area contributed by atoms with Crippen molar-refractivity contribution in [2.75, 3.05) is 11.9 Å². The molecule has 0 aliphatic heterocycles. The van der Waals surface area contributed by atoms with Crippen LogP contribution in [0.2, 0.25) is 0 Å². The van der Waals surface area contributed by atoms with Gasteiger partial charge in [-0.05, 0) is 43.2 Å². The zero-order chi connectivity index (χ0) is 17.5. The van der Waals surface area contributed by atoms with Gasteiger partial charge in [-0.15, -0.1) is 10.2 Å². The van der Waals surface area contributed by atoms with E-state index in [4.69, 9.17) is 4.74 Å². The quantitative estimate of drug-likeness (QED) is 0.792. The number of benzene rings is 1. The molecule has 0 spiro atoms. The topological polar surface area (TPSA) is 69.0 Å².